The van der Waals surface area contributed by atoms with Gasteiger partial charge in [0.15, 0.2) is 0 Å². The highest BCUT2D eigenvalue weighted by molar-refractivity contribution is 5.14. The van der Waals surface area contributed by atoms with Crippen LogP contribution in [0.5, 0.6) is 0 Å². The van der Waals surface area contributed by atoms with Gasteiger partial charge < -0.3 is 15.2 Å². The van der Waals surface area contributed by atoms with Crippen LogP contribution in [0.3, 0.4) is 0 Å². The lowest BCUT2D eigenvalue weighted by atomic mass is 10.2. The van der Waals surface area contributed by atoms with Crippen LogP contribution in [0.25, 0.3) is 0 Å². The van der Waals surface area contributed by atoms with Crippen molar-refractivity contribution in [1.29, 1.82) is 0 Å². The van der Waals surface area contributed by atoms with Gasteiger partial charge in [-0.1, -0.05) is 60.7 Å². The Morgan fingerprint density at radius 2 is 1.10 bits per heavy atom. The van der Waals surface area contributed by atoms with Crippen molar-refractivity contribution in [2.24, 2.45) is 5.73 Å². The Labute approximate surface area is 120 Å². The molecule has 0 heterocycles. The largest absolute Gasteiger partial charge is 0.375 e. The number of benzene rings is 2. The first-order valence-corrected chi connectivity index (χ1v) is 6.83. The van der Waals surface area contributed by atoms with E-state index in [1.807, 2.05) is 60.7 Å². The van der Waals surface area contributed by atoms with Crippen LogP contribution < -0.4 is 5.73 Å². The Morgan fingerprint density at radius 1 is 0.700 bits per heavy atom. The highest BCUT2D eigenvalue weighted by Crippen LogP contribution is 2.02. The van der Waals surface area contributed by atoms with Gasteiger partial charge in [-0.3, -0.25) is 0 Å². The van der Waals surface area contributed by atoms with Crippen molar-refractivity contribution >= 4 is 0 Å². The normalized spacial score (nSPS) is 10.9. The van der Waals surface area contributed by atoms with Crippen molar-refractivity contribution in [2.45, 2.75) is 19.3 Å². The smallest absolute Gasteiger partial charge is 0.0717 e. The fourth-order valence-electron chi connectivity index (χ4n) is 1.85. The first-order valence-electron chi connectivity index (χ1n) is 6.83. The van der Waals surface area contributed by atoms with E-state index in [0.717, 1.165) is 11.1 Å². The molecule has 0 amide bonds. The molecular formula is C17H21NO2. The summed E-state index contributed by atoms with van der Waals surface area (Å²) in [7, 11) is 0. The fourth-order valence-corrected chi connectivity index (χ4v) is 1.85. The van der Waals surface area contributed by atoms with Crippen LogP contribution in [0, 0.1) is 0 Å². The summed E-state index contributed by atoms with van der Waals surface area (Å²) in [5.74, 6) is 0. The lowest BCUT2D eigenvalue weighted by molar-refractivity contribution is 0.0546. The Morgan fingerprint density at radius 3 is 1.50 bits per heavy atom. The number of nitrogens with two attached hydrogens (primary N) is 1. The Hall–Kier alpha value is -1.68. The molecule has 0 aliphatic heterocycles. The predicted octanol–water partition coefficient (Wildman–Crippen LogP) is 2.75. The van der Waals surface area contributed by atoms with E-state index in [2.05, 4.69) is 0 Å². The zero-order chi connectivity index (χ0) is 14.0. The van der Waals surface area contributed by atoms with Crippen molar-refractivity contribution in [3.63, 3.8) is 0 Å². The summed E-state index contributed by atoms with van der Waals surface area (Å²) in [6.07, 6.45) is 0. The second kappa shape index (κ2) is 8.48. The molecule has 2 rings (SSSR count). The van der Waals surface area contributed by atoms with E-state index in [4.69, 9.17) is 15.2 Å². The van der Waals surface area contributed by atoms with Crippen LogP contribution in [0.4, 0.5) is 0 Å². The van der Waals surface area contributed by atoms with Crippen molar-refractivity contribution < 1.29 is 9.47 Å². The molecule has 20 heavy (non-hydrogen) atoms. The number of ether oxygens (including phenoxy) is 2. The zero-order valence-electron chi connectivity index (χ0n) is 11.6. The molecule has 2 N–H and O–H groups in total. The van der Waals surface area contributed by atoms with Gasteiger partial charge in [0, 0.05) is 0 Å². The molecule has 0 bridgehead atoms. The van der Waals surface area contributed by atoms with Crippen LogP contribution in [0.1, 0.15) is 11.1 Å². The van der Waals surface area contributed by atoms with Gasteiger partial charge in [0.25, 0.3) is 0 Å². The molecule has 2 aromatic carbocycles. The highest BCUT2D eigenvalue weighted by atomic mass is 16.5. The summed E-state index contributed by atoms with van der Waals surface area (Å²) < 4.78 is 11.2. The van der Waals surface area contributed by atoms with E-state index >= 15 is 0 Å². The summed E-state index contributed by atoms with van der Waals surface area (Å²) in [6, 6.07) is 20.1. The summed E-state index contributed by atoms with van der Waals surface area (Å²) in [4.78, 5) is 0. The lowest BCUT2D eigenvalue weighted by Gasteiger charge is -2.13. The standard InChI is InChI=1S/C17H21NO2/c18-17(13-19-11-15-7-3-1-4-8-15)14-20-12-16-9-5-2-6-10-16/h1-10,17H,11-14,18H2. The minimum atomic E-state index is -0.0950. The zero-order valence-corrected chi connectivity index (χ0v) is 11.6. The quantitative estimate of drug-likeness (QED) is 0.803. The molecule has 0 aliphatic rings. The molecule has 0 spiro atoms. The van der Waals surface area contributed by atoms with Gasteiger partial charge >= 0.3 is 0 Å². The SMILES string of the molecule is NC(COCc1ccccc1)COCc1ccccc1. The molecule has 0 fully saturated rings. The van der Waals surface area contributed by atoms with Crippen LogP contribution in [-0.4, -0.2) is 19.3 Å². The molecular weight excluding hydrogens is 250 g/mol. The molecule has 3 heteroatoms. The average molecular weight is 271 g/mol. The molecule has 106 valence electrons. The van der Waals surface area contributed by atoms with Gasteiger partial charge in [-0.15, -0.1) is 0 Å². The first-order chi connectivity index (χ1) is 9.84. The summed E-state index contributed by atoms with van der Waals surface area (Å²) >= 11 is 0. The monoisotopic (exact) mass is 271 g/mol. The first kappa shape index (κ1) is 14.7. The second-order valence-electron chi connectivity index (χ2n) is 4.76. The minimum Gasteiger partial charge on any atom is -0.375 e. The van der Waals surface area contributed by atoms with Crippen LogP contribution in [-0.2, 0) is 22.7 Å². The van der Waals surface area contributed by atoms with Crippen molar-refractivity contribution in [3.8, 4) is 0 Å². The van der Waals surface area contributed by atoms with Crippen molar-refractivity contribution in [1.82, 2.24) is 0 Å². The van der Waals surface area contributed by atoms with E-state index < -0.39 is 0 Å². The summed E-state index contributed by atoms with van der Waals surface area (Å²) in [6.45, 7) is 2.19. The topological polar surface area (TPSA) is 44.5 Å². The van der Waals surface area contributed by atoms with E-state index in [9.17, 15) is 0 Å². The van der Waals surface area contributed by atoms with Gasteiger partial charge in [0.2, 0.25) is 0 Å². The predicted molar refractivity (Wildman–Crippen MR) is 80.2 cm³/mol. The number of hydrogen-bond donors (Lipinski definition) is 1. The highest BCUT2D eigenvalue weighted by Gasteiger charge is 2.03. The van der Waals surface area contributed by atoms with Gasteiger partial charge in [-0.2, -0.15) is 0 Å². The summed E-state index contributed by atoms with van der Waals surface area (Å²) in [5, 5.41) is 0. The molecule has 0 aliphatic carbocycles. The Balaban J connectivity index is 1.58. The molecule has 2 aromatic rings. The molecule has 0 saturated heterocycles. The molecule has 0 saturated carbocycles. The van der Waals surface area contributed by atoms with Crippen molar-refractivity contribution in [3.05, 3.63) is 71.8 Å². The van der Waals surface area contributed by atoms with Gasteiger partial charge in [0.1, 0.15) is 0 Å². The van der Waals surface area contributed by atoms with Crippen LogP contribution >= 0.6 is 0 Å². The maximum Gasteiger partial charge on any atom is 0.0717 e. The molecule has 0 radical (unpaired) electrons. The Bertz CT molecular complexity index is 427. The third kappa shape index (κ3) is 5.53. The Kier molecular flexibility index (Phi) is 6.24. The number of hydrogen-bond acceptors (Lipinski definition) is 3. The van der Waals surface area contributed by atoms with Crippen LogP contribution in [0.2, 0.25) is 0 Å². The lowest BCUT2D eigenvalue weighted by Crippen LogP contribution is -2.31. The van der Waals surface area contributed by atoms with Gasteiger partial charge in [-0.05, 0) is 11.1 Å². The molecule has 0 unspecified atom stereocenters. The molecule has 0 aromatic heterocycles. The minimum absolute atomic E-state index is 0.0950. The van der Waals surface area contributed by atoms with E-state index in [1.165, 1.54) is 0 Å². The van der Waals surface area contributed by atoms with Crippen LogP contribution in [0.15, 0.2) is 60.7 Å². The van der Waals surface area contributed by atoms with Gasteiger partial charge in [-0.25, -0.2) is 0 Å². The van der Waals surface area contributed by atoms with Gasteiger partial charge in [0.05, 0.1) is 32.5 Å². The molecule has 0 atom stereocenters. The summed E-state index contributed by atoms with van der Waals surface area (Å²) in [5.41, 5.74) is 8.27. The number of rotatable bonds is 8. The maximum atomic E-state index is 5.95. The third-order valence-corrected chi connectivity index (χ3v) is 2.89. The fraction of sp³-hybridized carbons (Fsp3) is 0.294. The molecule has 3 nitrogen and oxygen atoms in total. The average Bonchev–Trinajstić information content (AvgIpc) is 2.49. The van der Waals surface area contributed by atoms with E-state index in [0.29, 0.717) is 26.4 Å². The van der Waals surface area contributed by atoms with E-state index in [-0.39, 0.29) is 6.04 Å². The van der Waals surface area contributed by atoms with Crippen molar-refractivity contribution in [2.75, 3.05) is 13.2 Å². The van der Waals surface area contributed by atoms with E-state index in [1.54, 1.807) is 0 Å². The maximum absolute atomic E-state index is 5.95. The third-order valence-electron chi connectivity index (χ3n) is 2.89. The second-order valence-corrected chi connectivity index (χ2v) is 4.76.